The molecule has 0 N–H and O–H groups in total. The van der Waals surface area contributed by atoms with Gasteiger partial charge in [0, 0.05) is 6.54 Å². The van der Waals surface area contributed by atoms with Gasteiger partial charge in [-0.25, -0.2) is 0 Å². The summed E-state index contributed by atoms with van der Waals surface area (Å²) in [6, 6.07) is 2.18. The molecule has 1 aromatic rings. The van der Waals surface area contributed by atoms with Gasteiger partial charge >= 0.3 is 6.69 Å². The number of hydrogen-bond donors (Lipinski definition) is 0. The van der Waals surface area contributed by atoms with Crippen molar-refractivity contribution in [3.05, 3.63) is 16.8 Å². The Morgan fingerprint density at radius 3 is 2.71 bits per heavy atom. The van der Waals surface area contributed by atoms with Gasteiger partial charge in [-0.3, -0.25) is 0 Å². The Hall–Kier alpha value is -0.355. The second-order valence-corrected chi connectivity index (χ2v) is 5.99. The lowest BCUT2D eigenvalue weighted by atomic mass is 9.61. The molecule has 0 radical (unpaired) electrons. The standard InChI is InChI=1S/C12H20BNO2S/c1-2-3-5-14-6-8-15-13(14,16-9-7-14)12-4-10-17-11-12/h4,10-11H,2-3,5-9H2,1H3. The van der Waals surface area contributed by atoms with E-state index in [4.69, 9.17) is 9.31 Å². The van der Waals surface area contributed by atoms with Gasteiger partial charge in [0.1, 0.15) is 0 Å². The smallest absolute Gasteiger partial charge is 0.503 e. The summed E-state index contributed by atoms with van der Waals surface area (Å²) in [6.45, 7) is 6.16. The fourth-order valence-corrected chi connectivity index (χ4v) is 4.18. The first-order valence-electron chi connectivity index (χ1n) is 6.63. The van der Waals surface area contributed by atoms with Crippen molar-refractivity contribution < 1.29 is 13.7 Å². The van der Waals surface area contributed by atoms with E-state index in [1.807, 2.05) is 0 Å². The summed E-state index contributed by atoms with van der Waals surface area (Å²) in [5, 5.41) is 4.33. The van der Waals surface area contributed by atoms with Crippen molar-refractivity contribution in [1.82, 2.24) is 0 Å². The average molecular weight is 253 g/mol. The molecule has 17 heavy (non-hydrogen) atoms. The zero-order valence-electron chi connectivity index (χ0n) is 10.4. The molecule has 2 fully saturated rings. The lowest BCUT2D eigenvalue weighted by molar-refractivity contribution is -0.820. The zero-order valence-corrected chi connectivity index (χ0v) is 11.2. The van der Waals surface area contributed by atoms with E-state index in [2.05, 4.69) is 23.8 Å². The number of thiophene rings is 1. The van der Waals surface area contributed by atoms with Gasteiger partial charge in [-0.1, -0.05) is 24.9 Å². The Morgan fingerprint density at radius 2 is 2.12 bits per heavy atom. The second-order valence-electron chi connectivity index (χ2n) is 5.21. The van der Waals surface area contributed by atoms with Crippen LogP contribution in [0.15, 0.2) is 16.8 Å². The van der Waals surface area contributed by atoms with Gasteiger partial charge in [0.25, 0.3) is 0 Å². The van der Waals surface area contributed by atoms with Gasteiger partial charge < -0.3 is 13.7 Å². The fraction of sp³-hybridized carbons (Fsp3) is 0.667. The van der Waals surface area contributed by atoms with Gasteiger partial charge in [0.05, 0.1) is 26.3 Å². The van der Waals surface area contributed by atoms with Crippen molar-refractivity contribution in [3.63, 3.8) is 0 Å². The topological polar surface area (TPSA) is 18.5 Å². The third-order valence-electron chi connectivity index (χ3n) is 4.40. The largest absolute Gasteiger partial charge is 0.505 e. The van der Waals surface area contributed by atoms with Gasteiger partial charge in [-0.15, -0.1) is 0 Å². The number of rotatable bonds is 4. The first-order valence-corrected chi connectivity index (χ1v) is 7.58. The van der Waals surface area contributed by atoms with Crippen molar-refractivity contribution >= 4 is 23.5 Å². The summed E-state index contributed by atoms with van der Waals surface area (Å²) in [5.74, 6) is 0. The quantitative estimate of drug-likeness (QED) is 0.758. The van der Waals surface area contributed by atoms with E-state index in [-0.39, 0.29) is 0 Å². The molecule has 2 aliphatic rings. The van der Waals surface area contributed by atoms with Crippen LogP contribution in [0.2, 0.25) is 0 Å². The third-order valence-corrected chi connectivity index (χ3v) is 5.10. The van der Waals surface area contributed by atoms with Crippen LogP contribution in [-0.4, -0.2) is 43.9 Å². The molecular weight excluding hydrogens is 233 g/mol. The molecule has 0 bridgehead atoms. The highest BCUT2D eigenvalue weighted by molar-refractivity contribution is 7.09. The average Bonchev–Trinajstić information content (AvgIpc) is 3.00. The molecule has 0 unspecified atom stereocenters. The molecule has 3 heterocycles. The molecule has 3 rings (SSSR count). The van der Waals surface area contributed by atoms with E-state index in [0.29, 0.717) is 0 Å². The molecule has 5 heteroatoms. The molecule has 0 aliphatic carbocycles. The maximum Gasteiger partial charge on any atom is 0.503 e. The van der Waals surface area contributed by atoms with Crippen LogP contribution in [0.5, 0.6) is 0 Å². The highest BCUT2D eigenvalue weighted by atomic mass is 32.1. The minimum atomic E-state index is -1.24. The molecule has 2 saturated heterocycles. The van der Waals surface area contributed by atoms with Crippen LogP contribution in [0, 0.1) is 0 Å². The van der Waals surface area contributed by atoms with Crippen molar-refractivity contribution in [3.8, 4) is 0 Å². The minimum Gasteiger partial charge on any atom is -0.505 e. The van der Waals surface area contributed by atoms with Crippen molar-refractivity contribution in [2.45, 2.75) is 19.8 Å². The first kappa shape index (κ1) is 11.7. The van der Waals surface area contributed by atoms with Gasteiger partial charge in [0.2, 0.25) is 0 Å². The van der Waals surface area contributed by atoms with E-state index < -0.39 is 6.69 Å². The normalized spacial score (nSPS) is 36.3. The lowest BCUT2D eigenvalue weighted by Crippen LogP contribution is -2.69. The lowest BCUT2D eigenvalue weighted by Gasteiger charge is -2.47. The Balaban J connectivity index is 1.96. The van der Waals surface area contributed by atoms with E-state index in [1.54, 1.807) is 11.3 Å². The van der Waals surface area contributed by atoms with Crippen LogP contribution in [0.3, 0.4) is 0 Å². The van der Waals surface area contributed by atoms with Crippen LogP contribution in [0.25, 0.3) is 0 Å². The monoisotopic (exact) mass is 253 g/mol. The molecule has 1 aromatic heterocycles. The summed E-state index contributed by atoms with van der Waals surface area (Å²) < 4.78 is 13.3. The maximum absolute atomic E-state index is 6.13. The second kappa shape index (κ2) is 4.39. The first-order chi connectivity index (χ1) is 8.33. The SMILES string of the molecule is CCCC[N+]12CCO[B-]1(c1ccsc1)OCC2. The van der Waals surface area contributed by atoms with Gasteiger partial charge in [-0.05, 0) is 17.2 Å². The van der Waals surface area contributed by atoms with Crippen molar-refractivity contribution in [2.24, 2.45) is 0 Å². The van der Waals surface area contributed by atoms with E-state index in [0.717, 1.165) is 30.7 Å². The predicted molar refractivity (Wildman–Crippen MR) is 71.4 cm³/mol. The van der Waals surface area contributed by atoms with Crippen LogP contribution in [0.4, 0.5) is 0 Å². The molecule has 0 aromatic carbocycles. The summed E-state index contributed by atoms with van der Waals surface area (Å²) in [7, 11) is 0. The van der Waals surface area contributed by atoms with Crippen LogP contribution < -0.4 is 5.46 Å². The van der Waals surface area contributed by atoms with Crippen molar-refractivity contribution in [2.75, 3.05) is 32.8 Å². The summed E-state index contributed by atoms with van der Waals surface area (Å²) in [4.78, 5) is 0. The van der Waals surface area contributed by atoms with Crippen LogP contribution in [-0.2, 0) is 9.31 Å². The number of nitrogens with zero attached hydrogens (tertiary/aromatic N) is 1. The Morgan fingerprint density at radius 1 is 1.35 bits per heavy atom. The van der Waals surface area contributed by atoms with E-state index in [1.165, 1.54) is 24.8 Å². The van der Waals surface area contributed by atoms with Crippen LogP contribution >= 0.6 is 11.3 Å². The summed E-state index contributed by atoms with van der Waals surface area (Å²) >= 11 is 1.74. The molecule has 0 amide bonds. The number of fused-ring (bicyclic) bond motifs is 1. The van der Waals surface area contributed by atoms with Gasteiger partial charge in [0.15, 0.2) is 0 Å². The summed E-state index contributed by atoms with van der Waals surface area (Å²) in [5.41, 5.74) is 1.28. The molecule has 3 nitrogen and oxygen atoms in total. The van der Waals surface area contributed by atoms with Crippen LogP contribution in [0.1, 0.15) is 19.8 Å². The molecule has 0 saturated carbocycles. The van der Waals surface area contributed by atoms with Crippen molar-refractivity contribution in [1.29, 1.82) is 0 Å². The molecular formula is C12H20BNO2S. The van der Waals surface area contributed by atoms with E-state index >= 15 is 0 Å². The zero-order chi connectivity index (χ0) is 11.8. The third kappa shape index (κ3) is 1.60. The Labute approximate surface area is 107 Å². The highest BCUT2D eigenvalue weighted by Crippen LogP contribution is 2.34. The highest BCUT2D eigenvalue weighted by Gasteiger charge is 2.59. The number of quaternary nitrogens is 1. The predicted octanol–water partition coefficient (Wildman–Crippen LogP) is 1.57. The number of hydrogen-bond acceptors (Lipinski definition) is 3. The molecule has 2 aliphatic heterocycles. The molecule has 0 spiro atoms. The Bertz CT molecular complexity index is 372. The van der Waals surface area contributed by atoms with E-state index in [9.17, 15) is 0 Å². The van der Waals surface area contributed by atoms with Gasteiger partial charge in [-0.2, -0.15) is 11.3 Å². The molecule has 94 valence electrons. The summed E-state index contributed by atoms with van der Waals surface area (Å²) in [6.07, 6.45) is 2.51. The molecule has 0 atom stereocenters. The Kier molecular flexibility index (Phi) is 3.03. The number of unbranched alkanes of at least 4 members (excludes halogenated alkanes) is 1. The fourth-order valence-electron chi connectivity index (χ4n) is 3.46. The maximum atomic E-state index is 6.13. The minimum absolute atomic E-state index is 0.847.